The molecule has 2 aromatic heterocycles. The van der Waals surface area contributed by atoms with Crippen molar-refractivity contribution in [2.75, 3.05) is 43.4 Å². The van der Waals surface area contributed by atoms with Gasteiger partial charge in [-0.15, -0.1) is 0 Å². The normalized spacial score (nSPS) is 16.0. The maximum atomic E-state index is 12.8. The molecule has 0 atom stereocenters. The molecule has 0 spiro atoms. The monoisotopic (exact) mass is 319 g/mol. The van der Waals surface area contributed by atoms with Gasteiger partial charge >= 0.3 is 0 Å². The summed E-state index contributed by atoms with van der Waals surface area (Å²) in [6, 6.07) is 0. The van der Waals surface area contributed by atoms with Crippen LogP contribution in [0.3, 0.4) is 0 Å². The van der Waals surface area contributed by atoms with Crippen molar-refractivity contribution in [2.45, 2.75) is 19.4 Å². The van der Waals surface area contributed by atoms with Crippen molar-refractivity contribution < 1.29 is 4.39 Å². The first kappa shape index (κ1) is 15.7. The molecule has 0 radical (unpaired) electrons. The molecule has 2 aromatic rings. The summed E-state index contributed by atoms with van der Waals surface area (Å²) in [6.45, 7) is 5.70. The maximum absolute atomic E-state index is 12.8. The first-order valence-corrected chi connectivity index (χ1v) is 7.93. The molecule has 8 heteroatoms. The predicted octanol–water partition coefficient (Wildman–Crippen LogP) is 0.997. The molecular formula is C15H22FN7. The number of unbranched alkanes of at least 4 members (excludes halogenated alkanes) is 1. The fourth-order valence-corrected chi connectivity index (χ4v) is 2.75. The van der Waals surface area contributed by atoms with Gasteiger partial charge in [-0.1, -0.05) is 0 Å². The van der Waals surface area contributed by atoms with Gasteiger partial charge in [0.2, 0.25) is 5.95 Å². The lowest BCUT2D eigenvalue weighted by Crippen LogP contribution is -2.47. The van der Waals surface area contributed by atoms with Crippen LogP contribution in [-0.2, 0) is 6.54 Å². The number of piperazine rings is 1. The molecule has 1 aliphatic heterocycles. The van der Waals surface area contributed by atoms with Crippen LogP contribution < -0.4 is 10.6 Å². The van der Waals surface area contributed by atoms with Crippen LogP contribution in [-0.4, -0.2) is 57.4 Å². The number of nitrogens with two attached hydrogens (primary N) is 1. The lowest BCUT2D eigenvalue weighted by molar-refractivity contribution is 0.249. The number of halogens is 1. The topological polar surface area (TPSA) is 76.1 Å². The summed E-state index contributed by atoms with van der Waals surface area (Å²) in [4.78, 5) is 12.6. The first-order chi connectivity index (χ1) is 11.2. The third kappa shape index (κ3) is 4.38. The van der Waals surface area contributed by atoms with Crippen molar-refractivity contribution in [3.05, 3.63) is 30.6 Å². The lowest BCUT2D eigenvalue weighted by Gasteiger charge is -2.34. The highest BCUT2D eigenvalue weighted by atomic mass is 19.1. The van der Waals surface area contributed by atoms with E-state index in [1.807, 2.05) is 10.9 Å². The Labute approximate surface area is 134 Å². The zero-order valence-corrected chi connectivity index (χ0v) is 13.1. The molecule has 0 saturated carbocycles. The number of rotatable bonds is 6. The second-order valence-corrected chi connectivity index (χ2v) is 5.77. The average Bonchev–Trinajstić information content (AvgIpc) is 2.98. The SMILES string of the molecule is Nc1cnn(CCCCN2CCN(c3ncc(F)cn3)CC2)c1. The molecule has 124 valence electrons. The van der Waals surface area contributed by atoms with Crippen molar-refractivity contribution in [3.63, 3.8) is 0 Å². The summed E-state index contributed by atoms with van der Waals surface area (Å²) in [5, 5.41) is 4.18. The third-order valence-corrected chi connectivity index (χ3v) is 4.03. The summed E-state index contributed by atoms with van der Waals surface area (Å²) in [6.07, 6.45) is 8.20. The minimum Gasteiger partial charge on any atom is -0.396 e. The number of nitrogens with zero attached hydrogens (tertiary/aromatic N) is 6. The smallest absolute Gasteiger partial charge is 0.225 e. The molecular weight excluding hydrogens is 297 g/mol. The second kappa shape index (κ2) is 7.36. The van der Waals surface area contributed by atoms with E-state index in [0.717, 1.165) is 52.1 Å². The van der Waals surface area contributed by atoms with Crippen LogP contribution >= 0.6 is 0 Å². The van der Waals surface area contributed by atoms with Crippen molar-refractivity contribution in [1.29, 1.82) is 0 Å². The Morgan fingerprint density at radius 2 is 1.70 bits per heavy atom. The van der Waals surface area contributed by atoms with Gasteiger partial charge in [-0.3, -0.25) is 9.58 Å². The number of aryl methyl sites for hydroxylation is 1. The van der Waals surface area contributed by atoms with E-state index in [9.17, 15) is 4.39 Å². The van der Waals surface area contributed by atoms with Gasteiger partial charge in [-0.05, 0) is 19.4 Å². The van der Waals surface area contributed by atoms with E-state index in [1.54, 1.807) is 6.20 Å². The van der Waals surface area contributed by atoms with Gasteiger partial charge in [-0.25, -0.2) is 14.4 Å². The van der Waals surface area contributed by atoms with E-state index in [4.69, 9.17) is 5.73 Å². The molecule has 3 rings (SSSR count). The average molecular weight is 319 g/mol. The fraction of sp³-hybridized carbons (Fsp3) is 0.533. The van der Waals surface area contributed by atoms with E-state index < -0.39 is 5.82 Å². The number of nitrogen functional groups attached to an aromatic ring is 1. The van der Waals surface area contributed by atoms with E-state index in [0.29, 0.717) is 11.6 Å². The van der Waals surface area contributed by atoms with Gasteiger partial charge < -0.3 is 10.6 Å². The van der Waals surface area contributed by atoms with Crippen molar-refractivity contribution in [1.82, 2.24) is 24.6 Å². The van der Waals surface area contributed by atoms with Crippen molar-refractivity contribution in [2.24, 2.45) is 0 Å². The zero-order valence-electron chi connectivity index (χ0n) is 13.1. The Kier molecular flexibility index (Phi) is 5.02. The first-order valence-electron chi connectivity index (χ1n) is 7.93. The van der Waals surface area contributed by atoms with E-state index in [1.165, 1.54) is 12.4 Å². The van der Waals surface area contributed by atoms with Crippen LogP contribution in [0.2, 0.25) is 0 Å². The Hall–Kier alpha value is -2.22. The Bertz CT molecular complexity index is 605. The minimum atomic E-state index is -0.397. The zero-order chi connectivity index (χ0) is 16.1. The molecule has 0 unspecified atom stereocenters. The summed E-state index contributed by atoms with van der Waals surface area (Å²) in [7, 11) is 0. The maximum Gasteiger partial charge on any atom is 0.225 e. The highest BCUT2D eigenvalue weighted by Crippen LogP contribution is 2.11. The summed E-state index contributed by atoms with van der Waals surface area (Å²) in [5.41, 5.74) is 6.35. The third-order valence-electron chi connectivity index (χ3n) is 4.03. The number of hydrogen-bond acceptors (Lipinski definition) is 6. The Balaban J connectivity index is 1.35. The molecule has 0 aromatic carbocycles. The fourth-order valence-electron chi connectivity index (χ4n) is 2.75. The molecule has 1 aliphatic rings. The standard InChI is InChI=1S/C15H22FN7/c16-13-9-18-15(19-10-13)22-7-5-21(6-8-22)3-1-2-4-23-12-14(17)11-20-23/h9-12H,1-8,17H2. The molecule has 1 fully saturated rings. The number of anilines is 2. The summed E-state index contributed by atoms with van der Waals surface area (Å²) < 4.78 is 14.7. The molecule has 3 heterocycles. The van der Waals surface area contributed by atoms with Gasteiger partial charge in [0.05, 0.1) is 24.3 Å². The largest absolute Gasteiger partial charge is 0.396 e. The number of aromatic nitrogens is 4. The molecule has 2 N–H and O–H groups in total. The van der Waals surface area contributed by atoms with Gasteiger partial charge in [0.15, 0.2) is 5.82 Å². The van der Waals surface area contributed by atoms with Crippen LogP contribution in [0.25, 0.3) is 0 Å². The van der Waals surface area contributed by atoms with Gasteiger partial charge in [-0.2, -0.15) is 5.10 Å². The van der Waals surface area contributed by atoms with Crippen LogP contribution in [0.1, 0.15) is 12.8 Å². The van der Waals surface area contributed by atoms with Crippen molar-refractivity contribution >= 4 is 11.6 Å². The molecule has 23 heavy (non-hydrogen) atoms. The Morgan fingerprint density at radius 3 is 2.35 bits per heavy atom. The van der Waals surface area contributed by atoms with Gasteiger partial charge in [0.1, 0.15) is 0 Å². The lowest BCUT2D eigenvalue weighted by atomic mass is 10.2. The number of hydrogen-bond donors (Lipinski definition) is 1. The summed E-state index contributed by atoms with van der Waals surface area (Å²) in [5.74, 6) is 0.216. The van der Waals surface area contributed by atoms with E-state index in [2.05, 4.69) is 24.9 Å². The highest BCUT2D eigenvalue weighted by molar-refractivity contribution is 5.30. The Morgan fingerprint density at radius 1 is 1.00 bits per heavy atom. The van der Waals surface area contributed by atoms with Crippen LogP contribution in [0.5, 0.6) is 0 Å². The van der Waals surface area contributed by atoms with E-state index >= 15 is 0 Å². The molecule has 0 amide bonds. The quantitative estimate of drug-likeness (QED) is 0.801. The predicted molar refractivity (Wildman–Crippen MR) is 86.5 cm³/mol. The van der Waals surface area contributed by atoms with Crippen LogP contribution in [0.4, 0.5) is 16.0 Å². The van der Waals surface area contributed by atoms with Gasteiger partial charge in [0, 0.05) is 38.9 Å². The van der Waals surface area contributed by atoms with Crippen LogP contribution in [0, 0.1) is 5.82 Å². The molecule has 7 nitrogen and oxygen atoms in total. The molecule has 1 saturated heterocycles. The minimum absolute atomic E-state index is 0.397. The second-order valence-electron chi connectivity index (χ2n) is 5.77. The van der Waals surface area contributed by atoms with E-state index in [-0.39, 0.29) is 0 Å². The van der Waals surface area contributed by atoms with Crippen LogP contribution in [0.15, 0.2) is 24.8 Å². The van der Waals surface area contributed by atoms with Gasteiger partial charge in [0.25, 0.3) is 0 Å². The molecule has 0 bridgehead atoms. The highest BCUT2D eigenvalue weighted by Gasteiger charge is 2.18. The molecule has 0 aliphatic carbocycles. The van der Waals surface area contributed by atoms with Crippen molar-refractivity contribution in [3.8, 4) is 0 Å². The summed E-state index contributed by atoms with van der Waals surface area (Å²) >= 11 is 0.